The summed E-state index contributed by atoms with van der Waals surface area (Å²) in [6, 6.07) is 10.3. The first-order valence-corrected chi connectivity index (χ1v) is 7.61. The van der Waals surface area contributed by atoms with Crippen LogP contribution in [-0.4, -0.2) is 9.97 Å². The van der Waals surface area contributed by atoms with E-state index in [1.54, 1.807) is 11.3 Å². The fourth-order valence-electron chi connectivity index (χ4n) is 2.22. The maximum absolute atomic E-state index is 4.56. The van der Waals surface area contributed by atoms with E-state index in [-0.39, 0.29) is 0 Å². The van der Waals surface area contributed by atoms with Gasteiger partial charge in [0.05, 0.1) is 12.1 Å². The van der Waals surface area contributed by atoms with Gasteiger partial charge in [-0.3, -0.25) is 4.98 Å². The molecule has 2 aromatic heterocycles. The molecule has 4 heteroatoms. The molecular weight excluding hydrogens is 266 g/mol. The van der Waals surface area contributed by atoms with Crippen molar-refractivity contribution in [3.63, 3.8) is 0 Å². The molecule has 0 bridgehead atoms. The van der Waals surface area contributed by atoms with Gasteiger partial charge >= 0.3 is 0 Å². The van der Waals surface area contributed by atoms with Crippen LogP contribution in [0.3, 0.4) is 0 Å². The molecule has 20 heavy (non-hydrogen) atoms. The third-order valence-electron chi connectivity index (χ3n) is 3.22. The minimum atomic E-state index is 0.762. The Labute approximate surface area is 122 Å². The van der Waals surface area contributed by atoms with Crippen LogP contribution in [-0.2, 0) is 13.0 Å². The molecule has 3 nitrogen and oxygen atoms in total. The smallest absolute Gasteiger partial charge is 0.112 e. The first kappa shape index (κ1) is 13.1. The van der Waals surface area contributed by atoms with Crippen molar-refractivity contribution >= 4 is 27.9 Å². The van der Waals surface area contributed by atoms with Crippen LogP contribution in [0.4, 0.5) is 5.69 Å². The second kappa shape index (κ2) is 5.59. The van der Waals surface area contributed by atoms with Crippen molar-refractivity contribution < 1.29 is 0 Å². The number of hydrogen-bond acceptors (Lipinski definition) is 4. The summed E-state index contributed by atoms with van der Waals surface area (Å²) in [5, 5.41) is 5.77. The summed E-state index contributed by atoms with van der Waals surface area (Å²) >= 11 is 1.77. The first-order chi connectivity index (χ1) is 9.76. The molecule has 102 valence electrons. The number of nitrogens with one attached hydrogen (secondary N) is 1. The summed E-state index contributed by atoms with van der Waals surface area (Å²) in [4.78, 5) is 10.3. The lowest BCUT2D eigenvalue weighted by Crippen LogP contribution is -2.00. The highest BCUT2D eigenvalue weighted by Crippen LogP contribution is 2.24. The van der Waals surface area contributed by atoms with Crippen LogP contribution in [0.5, 0.6) is 0 Å². The van der Waals surface area contributed by atoms with Crippen LogP contribution < -0.4 is 5.32 Å². The molecule has 1 aromatic carbocycles. The van der Waals surface area contributed by atoms with E-state index < -0.39 is 0 Å². The number of hydrogen-bond donors (Lipinski definition) is 1. The lowest BCUT2D eigenvalue weighted by molar-refractivity contribution is 1.09. The van der Waals surface area contributed by atoms with E-state index in [1.807, 2.05) is 31.3 Å². The maximum Gasteiger partial charge on any atom is 0.112 e. The monoisotopic (exact) mass is 283 g/mol. The molecule has 0 fully saturated rings. The summed E-state index contributed by atoms with van der Waals surface area (Å²) in [5.74, 6) is 0. The van der Waals surface area contributed by atoms with Gasteiger partial charge in [-0.2, -0.15) is 0 Å². The Morgan fingerprint density at radius 1 is 1.25 bits per heavy atom. The van der Waals surface area contributed by atoms with Gasteiger partial charge in [-0.15, -0.1) is 11.3 Å². The topological polar surface area (TPSA) is 37.8 Å². The lowest BCUT2D eigenvalue weighted by Gasteiger charge is -2.09. The molecule has 0 radical (unpaired) electrons. The fraction of sp³-hybridized carbons (Fsp3) is 0.250. The standard InChI is InChI=1S/C16H17N3S/c1-3-12-9-18-16(20-12)10-17-15-8-11(2)19-14-7-5-4-6-13(14)15/h4-9H,3,10H2,1-2H3,(H,17,19). The molecule has 0 amide bonds. The minimum absolute atomic E-state index is 0.762. The van der Waals surface area contributed by atoms with Crippen molar-refractivity contribution in [2.24, 2.45) is 0 Å². The molecular formula is C16H17N3S. The van der Waals surface area contributed by atoms with E-state index in [0.717, 1.165) is 40.3 Å². The quantitative estimate of drug-likeness (QED) is 0.780. The van der Waals surface area contributed by atoms with Crippen LogP contribution in [0.1, 0.15) is 22.5 Å². The third kappa shape index (κ3) is 2.65. The van der Waals surface area contributed by atoms with E-state index in [9.17, 15) is 0 Å². The van der Waals surface area contributed by atoms with Gasteiger partial charge in [0.15, 0.2) is 0 Å². The molecule has 3 aromatic rings. The van der Waals surface area contributed by atoms with Gasteiger partial charge in [0, 0.05) is 27.8 Å². The largest absolute Gasteiger partial charge is 0.378 e. The zero-order chi connectivity index (χ0) is 13.9. The van der Waals surface area contributed by atoms with Crippen molar-refractivity contribution in [3.8, 4) is 0 Å². The van der Waals surface area contributed by atoms with Gasteiger partial charge in [-0.1, -0.05) is 25.1 Å². The van der Waals surface area contributed by atoms with E-state index in [4.69, 9.17) is 0 Å². The van der Waals surface area contributed by atoms with Gasteiger partial charge in [0.2, 0.25) is 0 Å². The summed E-state index contributed by atoms with van der Waals surface area (Å²) < 4.78 is 0. The van der Waals surface area contributed by atoms with Gasteiger partial charge in [0.25, 0.3) is 0 Å². The summed E-state index contributed by atoms with van der Waals surface area (Å²) in [7, 11) is 0. The molecule has 0 aliphatic carbocycles. The molecule has 0 atom stereocenters. The highest BCUT2D eigenvalue weighted by atomic mass is 32.1. The number of aromatic nitrogens is 2. The van der Waals surface area contributed by atoms with Gasteiger partial charge in [-0.25, -0.2) is 4.98 Å². The number of anilines is 1. The van der Waals surface area contributed by atoms with Gasteiger partial charge in [-0.05, 0) is 25.5 Å². The maximum atomic E-state index is 4.56. The minimum Gasteiger partial charge on any atom is -0.378 e. The number of rotatable bonds is 4. The van der Waals surface area contributed by atoms with Crippen LogP contribution in [0.2, 0.25) is 0 Å². The summed E-state index contributed by atoms with van der Waals surface area (Å²) in [5.41, 5.74) is 3.18. The molecule has 0 aliphatic rings. The average molecular weight is 283 g/mol. The normalized spacial score (nSPS) is 10.9. The van der Waals surface area contributed by atoms with E-state index >= 15 is 0 Å². The van der Waals surface area contributed by atoms with E-state index in [1.165, 1.54) is 4.88 Å². The molecule has 0 saturated carbocycles. The van der Waals surface area contributed by atoms with Crippen molar-refractivity contribution in [3.05, 3.63) is 52.1 Å². The van der Waals surface area contributed by atoms with Crippen molar-refractivity contribution in [1.29, 1.82) is 0 Å². The van der Waals surface area contributed by atoms with E-state index in [2.05, 4.69) is 34.3 Å². The van der Waals surface area contributed by atoms with Crippen molar-refractivity contribution in [1.82, 2.24) is 9.97 Å². The molecule has 3 rings (SSSR count). The zero-order valence-electron chi connectivity index (χ0n) is 11.7. The summed E-state index contributed by atoms with van der Waals surface area (Å²) in [6.45, 7) is 4.94. The Morgan fingerprint density at radius 3 is 2.90 bits per heavy atom. The van der Waals surface area contributed by atoms with Gasteiger partial charge < -0.3 is 5.32 Å². The molecule has 0 saturated heterocycles. The average Bonchev–Trinajstić information content (AvgIpc) is 2.92. The van der Waals surface area contributed by atoms with Crippen LogP contribution in [0.15, 0.2) is 36.5 Å². The Balaban J connectivity index is 1.86. The Bertz CT molecular complexity index is 733. The molecule has 2 heterocycles. The zero-order valence-corrected chi connectivity index (χ0v) is 12.5. The molecule has 0 unspecified atom stereocenters. The second-order valence-electron chi connectivity index (χ2n) is 4.76. The highest BCUT2D eigenvalue weighted by molar-refractivity contribution is 7.11. The number of benzene rings is 1. The predicted molar refractivity (Wildman–Crippen MR) is 85.3 cm³/mol. The second-order valence-corrected chi connectivity index (χ2v) is 5.96. The number of nitrogens with zero attached hydrogens (tertiary/aromatic N) is 2. The SMILES string of the molecule is CCc1cnc(CNc2cc(C)nc3ccccc23)s1. The van der Waals surface area contributed by atoms with Gasteiger partial charge in [0.1, 0.15) is 5.01 Å². The molecule has 0 spiro atoms. The molecule has 0 aliphatic heterocycles. The number of pyridine rings is 1. The number of fused-ring (bicyclic) bond motifs is 1. The number of aryl methyl sites for hydroxylation is 2. The Kier molecular flexibility index (Phi) is 3.65. The van der Waals surface area contributed by atoms with Crippen LogP contribution >= 0.6 is 11.3 Å². The van der Waals surface area contributed by atoms with Crippen LogP contribution in [0.25, 0.3) is 10.9 Å². The third-order valence-corrected chi connectivity index (χ3v) is 4.37. The molecule has 1 N–H and O–H groups in total. The number of para-hydroxylation sites is 1. The first-order valence-electron chi connectivity index (χ1n) is 6.80. The Morgan fingerprint density at radius 2 is 2.10 bits per heavy atom. The fourth-order valence-corrected chi connectivity index (χ4v) is 3.02. The van der Waals surface area contributed by atoms with Crippen molar-refractivity contribution in [2.45, 2.75) is 26.8 Å². The van der Waals surface area contributed by atoms with E-state index in [0.29, 0.717) is 0 Å². The van der Waals surface area contributed by atoms with Crippen LogP contribution in [0, 0.1) is 6.92 Å². The van der Waals surface area contributed by atoms with Crippen molar-refractivity contribution in [2.75, 3.05) is 5.32 Å². The summed E-state index contributed by atoms with van der Waals surface area (Å²) in [6.07, 6.45) is 3.02. The highest BCUT2D eigenvalue weighted by Gasteiger charge is 2.05. The predicted octanol–water partition coefficient (Wildman–Crippen LogP) is 4.17. The Hall–Kier alpha value is -1.94. The lowest BCUT2D eigenvalue weighted by atomic mass is 10.1. The number of thiazole rings is 1.